The Morgan fingerprint density at radius 2 is 2.13 bits per heavy atom. The Labute approximate surface area is 96.1 Å². The van der Waals surface area contributed by atoms with Crippen LogP contribution in [-0.2, 0) is 5.60 Å². The van der Waals surface area contributed by atoms with E-state index in [0.717, 1.165) is 18.8 Å². The third-order valence-electron chi connectivity index (χ3n) is 3.87. The molecule has 0 saturated heterocycles. The van der Waals surface area contributed by atoms with Crippen LogP contribution in [0.15, 0.2) is 11.4 Å². The Morgan fingerprint density at radius 3 is 2.60 bits per heavy atom. The first-order chi connectivity index (χ1) is 7.15. The number of aliphatic hydroxyl groups is 1. The molecule has 0 aliphatic heterocycles. The van der Waals surface area contributed by atoms with Crippen LogP contribution in [0.2, 0.25) is 0 Å². The predicted molar refractivity (Wildman–Crippen MR) is 65.2 cm³/mol. The molecule has 1 aliphatic carbocycles. The zero-order valence-corrected chi connectivity index (χ0v) is 10.4. The number of thiophene rings is 1. The van der Waals surface area contributed by atoms with Crippen molar-refractivity contribution in [2.75, 3.05) is 0 Å². The second-order valence-corrected chi connectivity index (χ2v) is 5.89. The first-order valence-electron chi connectivity index (χ1n) is 5.92. The smallest absolute Gasteiger partial charge is 0.0907 e. The molecule has 0 bridgehead atoms. The van der Waals surface area contributed by atoms with Crippen molar-refractivity contribution in [1.29, 1.82) is 0 Å². The molecule has 15 heavy (non-hydrogen) atoms. The third kappa shape index (κ3) is 2.11. The van der Waals surface area contributed by atoms with Crippen LogP contribution in [0.3, 0.4) is 0 Å². The van der Waals surface area contributed by atoms with Gasteiger partial charge in [-0.05, 0) is 55.5 Å². The quantitative estimate of drug-likeness (QED) is 0.809. The van der Waals surface area contributed by atoms with Gasteiger partial charge in [-0.2, -0.15) is 0 Å². The summed E-state index contributed by atoms with van der Waals surface area (Å²) in [5.41, 5.74) is 0.664. The largest absolute Gasteiger partial charge is 0.385 e. The molecule has 2 heteroatoms. The molecular weight excluding hydrogens is 204 g/mol. The minimum Gasteiger partial charge on any atom is -0.385 e. The lowest BCUT2D eigenvalue weighted by Crippen LogP contribution is -2.31. The van der Waals surface area contributed by atoms with E-state index in [1.54, 1.807) is 11.3 Å². The maximum Gasteiger partial charge on any atom is 0.0907 e. The van der Waals surface area contributed by atoms with Gasteiger partial charge in [-0.1, -0.05) is 13.3 Å². The molecule has 0 radical (unpaired) electrons. The first-order valence-corrected chi connectivity index (χ1v) is 6.80. The normalized spacial score (nSPS) is 31.8. The molecule has 1 aliphatic rings. The van der Waals surface area contributed by atoms with E-state index in [0.29, 0.717) is 0 Å². The second kappa shape index (κ2) is 4.26. The van der Waals surface area contributed by atoms with E-state index in [2.05, 4.69) is 25.3 Å². The summed E-state index contributed by atoms with van der Waals surface area (Å²) >= 11 is 1.74. The molecule has 84 valence electrons. The van der Waals surface area contributed by atoms with Crippen molar-refractivity contribution in [3.05, 3.63) is 21.9 Å². The van der Waals surface area contributed by atoms with E-state index >= 15 is 0 Å². The van der Waals surface area contributed by atoms with Crippen molar-refractivity contribution in [2.24, 2.45) is 5.92 Å². The second-order valence-electron chi connectivity index (χ2n) is 4.77. The summed E-state index contributed by atoms with van der Waals surface area (Å²) in [4.78, 5) is 1.28. The van der Waals surface area contributed by atoms with Gasteiger partial charge in [0, 0.05) is 4.88 Å². The van der Waals surface area contributed by atoms with Crippen molar-refractivity contribution in [1.82, 2.24) is 0 Å². The monoisotopic (exact) mass is 224 g/mol. The Morgan fingerprint density at radius 1 is 1.47 bits per heavy atom. The van der Waals surface area contributed by atoms with Gasteiger partial charge in [0.25, 0.3) is 0 Å². The van der Waals surface area contributed by atoms with Gasteiger partial charge < -0.3 is 5.11 Å². The predicted octanol–water partition coefficient (Wildman–Crippen LogP) is 3.84. The Balaban J connectivity index is 2.13. The maximum atomic E-state index is 10.6. The molecular formula is C13H20OS. The molecule has 0 atom stereocenters. The van der Waals surface area contributed by atoms with Gasteiger partial charge in [0.15, 0.2) is 0 Å². The highest BCUT2D eigenvalue weighted by Crippen LogP contribution is 2.42. The maximum absolute atomic E-state index is 10.6. The van der Waals surface area contributed by atoms with Crippen LogP contribution < -0.4 is 0 Å². The molecule has 0 unspecified atom stereocenters. The van der Waals surface area contributed by atoms with Crippen molar-refractivity contribution >= 4 is 11.3 Å². The van der Waals surface area contributed by atoms with Crippen molar-refractivity contribution < 1.29 is 5.11 Å². The molecule has 1 nitrogen and oxygen atoms in total. The number of hydrogen-bond donors (Lipinski definition) is 1. The van der Waals surface area contributed by atoms with E-state index in [1.807, 2.05) is 0 Å². The van der Waals surface area contributed by atoms with Crippen LogP contribution >= 0.6 is 11.3 Å². The first kappa shape index (κ1) is 11.2. The lowest BCUT2D eigenvalue weighted by atomic mass is 9.74. The van der Waals surface area contributed by atoms with Gasteiger partial charge in [-0.25, -0.2) is 0 Å². The van der Waals surface area contributed by atoms with Crippen LogP contribution in [0, 0.1) is 12.8 Å². The van der Waals surface area contributed by atoms with Gasteiger partial charge in [-0.15, -0.1) is 11.3 Å². The fraction of sp³-hybridized carbons (Fsp3) is 0.692. The Bertz CT molecular complexity index is 321. The van der Waals surface area contributed by atoms with Crippen LogP contribution in [0.25, 0.3) is 0 Å². The number of aryl methyl sites for hydroxylation is 1. The van der Waals surface area contributed by atoms with Gasteiger partial charge in [-0.3, -0.25) is 0 Å². The van der Waals surface area contributed by atoms with Crippen molar-refractivity contribution in [2.45, 2.75) is 51.6 Å². The topological polar surface area (TPSA) is 20.2 Å². The molecule has 1 saturated carbocycles. The number of rotatable bonds is 2. The minimum absolute atomic E-state index is 0.518. The molecule has 1 fully saturated rings. The summed E-state index contributed by atoms with van der Waals surface area (Å²) in [7, 11) is 0. The van der Waals surface area contributed by atoms with E-state index in [4.69, 9.17) is 0 Å². The van der Waals surface area contributed by atoms with Gasteiger partial charge in [0.05, 0.1) is 5.60 Å². The van der Waals surface area contributed by atoms with E-state index in [-0.39, 0.29) is 0 Å². The van der Waals surface area contributed by atoms with Gasteiger partial charge in [0.2, 0.25) is 0 Å². The summed E-state index contributed by atoms with van der Waals surface area (Å²) in [6.07, 6.45) is 5.52. The van der Waals surface area contributed by atoms with E-state index in [9.17, 15) is 5.11 Å². The summed E-state index contributed by atoms with van der Waals surface area (Å²) in [6, 6.07) is 2.10. The molecule has 1 aromatic heterocycles. The molecule has 0 spiro atoms. The Kier molecular flexibility index (Phi) is 3.17. The average molecular weight is 224 g/mol. The highest BCUT2D eigenvalue weighted by Gasteiger charge is 2.35. The molecule has 0 aromatic carbocycles. The molecule has 2 rings (SSSR count). The fourth-order valence-corrected chi connectivity index (χ4v) is 3.49. The van der Waals surface area contributed by atoms with Crippen LogP contribution in [0.4, 0.5) is 0 Å². The molecule has 1 aromatic rings. The number of hydrogen-bond acceptors (Lipinski definition) is 2. The van der Waals surface area contributed by atoms with Crippen LogP contribution in [0.5, 0.6) is 0 Å². The summed E-state index contributed by atoms with van der Waals surface area (Å²) in [5.74, 6) is 0.837. The summed E-state index contributed by atoms with van der Waals surface area (Å²) in [5, 5.41) is 12.7. The summed E-state index contributed by atoms with van der Waals surface area (Å²) < 4.78 is 0. The lowest BCUT2D eigenvalue weighted by molar-refractivity contribution is -0.0146. The van der Waals surface area contributed by atoms with E-state index in [1.165, 1.54) is 29.7 Å². The summed E-state index contributed by atoms with van der Waals surface area (Å²) in [6.45, 7) is 4.37. The molecule has 1 heterocycles. The SMILES string of the molecule is CCC1CCC(O)(c2ccsc2C)CC1. The fourth-order valence-electron chi connectivity index (χ4n) is 2.70. The van der Waals surface area contributed by atoms with Gasteiger partial charge in [0.1, 0.15) is 0 Å². The highest BCUT2D eigenvalue weighted by atomic mass is 32.1. The zero-order chi connectivity index (χ0) is 10.9. The van der Waals surface area contributed by atoms with Gasteiger partial charge >= 0.3 is 0 Å². The average Bonchev–Trinajstić information content (AvgIpc) is 2.66. The van der Waals surface area contributed by atoms with Crippen molar-refractivity contribution in [3.63, 3.8) is 0 Å². The zero-order valence-electron chi connectivity index (χ0n) is 9.62. The molecule has 1 N–H and O–H groups in total. The van der Waals surface area contributed by atoms with Crippen LogP contribution in [0.1, 0.15) is 49.5 Å². The highest BCUT2D eigenvalue weighted by molar-refractivity contribution is 7.10. The van der Waals surface area contributed by atoms with Crippen LogP contribution in [-0.4, -0.2) is 5.11 Å². The standard InChI is InChI=1S/C13H20OS/c1-3-11-4-7-13(14,8-5-11)12-6-9-15-10(12)2/h6,9,11,14H,3-5,7-8H2,1-2H3. The minimum atomic E-state index is -0.518. The van der Waals surface area contributed by atoms with Crippen molar-refractivity contribution in [3.8, 4) is 0 Å². The third-order valence-corrected chi connectivity index (χ3v) is 4.72. The lowest BCUT2D eigenvalue weighted by Gasteiger charge is -2.36. The Hall–Kier alpha value is -0.340. The molecule has 0 amide bonds. The van der Waals surface area contributed by atoms with E-state index < -0.39 is 5.60 Å².